The minimum Gasteiger partial charge on any atom is -0.325 e. The summed E-state index contributed by atoms with van der Waals surface area (Å²) < 4.78 is 2.06. The lowest BCUT2D eigenvalue weighted by molar-refractivity contribution is 0.975. The van der Waals surface area contributed by atoms with Crippen molar-refractivity contribution in [2.24, 2.45) is 0 Å². The number of halogens is 1. The van der Waals surface area contributed by atoms with E-state index < -0.39 is 0 Å². The normalized spacial score (nSPS) is 11.0. The van der Waals surface area contributed by atoms with Gasteiger partial charge < -0.3 is 9.30 Å². The number of hydrogen-bond donors (Lipinski definition) is 0. The van der Waals surface area contributed by atoms with Crippen LogP contribution in [-0.4, -0.2) is 15.9 Å². The van der Waals surface area contributed by atoms with Gasteiger partial charge in [0, 0.05) is 18.4 Å². The van der Waals surface area contributed by atoms with Crippen molar-refractivity contribution in [3.05, 3.63) is 59.9 Å². The van der Waals surface area contributed by atoms with Gasteiger partial charge in [-0.1, -0.05) is 24.3 Å². The maximum absolute atomic E-state index is 6.19. The number of hydrogen-bond acceptors (Lipinski definition) is 2. The molecular formula is C17H18ClN3. The van der Waals surface area contributed by atoms with E-state index in [2.05, 4.69) is 47.4 Å². The van der Waals surface area contributed by atoms with E-state index in [1.54, 1.807) is 0 Å². The summed E-state index contributed by atoms with van der Waals surface area (Å²) in [4.78, 5) is 7.00. The second-order valence-corrected chi connectivity index (χ2v) is 5.24. The lowest BCUT2D eigenvalue weighted by Gasteiger charge is -2.23. The Morgan fingerprint density at radius 3 is 2.62 bits per heavy atom. The highest BCUT2D eigenvalue weighted by Crippen LogP contribution is 2.31. The van der Waals surface area contributed by atoms with Crippen LogP contribution >= 0.6 is 11.6 Å². The zero-order chi connectivity index (χ0) is 14.8. The van der Waals surface area contributed by atoms with E-state index in [4.69, 9.17) is 16.6 Å². The third-order valence-electron chi connectivity index (χ3n) is 3.71. The largest absolute Gasteiger partial charge is 0.325 e. The van der Waals surface area contributed by atoms with Crippen LogP contribution in [0.4, 0.5) is 11.5 Å². The number of anilines is 2. The first-order valence-electron chi connectivity index (χ1n) is 7.11. The lowest BCUT2D eigenvalue weighted by atomic mass is 10.2. The molecule has 0 aliphatic rings. The Morgan fingerprint density at radius 1 is 1.14 bits per heavy atom. The lowest BCUT2D eigenvalue weighted by Crippen LogP contribution is -2.18. The number of imidazole rings is 1. The highest BCUT2D eigenvalue weighted by atomic mass is 35.5. The van der Waals surface area contributed by atoms with Gasteiger partial charge >= 0.3 is 0 Å². The first kappa shape index (κ1) is 14.0. The predicted octanol–water partition coefficient (Wildman–Crippen LogP) is 4.54. The minimum atomic E-state index is 0.433. The molecule has 0 fully saturated rings. The summed E-state index contributed by atoms with van der Waals surface area (Å²) in [7, 11) is 0. The van der Waals surface area contributed by atoms with Gasteiger partial charge in [-0.25, -0.2) is 4.98 Å². The van der Waals surface area contributed by atoms with Gasteiger partial charge in [0.25, 0.3) is 0 Å². The monoisotopic (exact) mass is 299 g/mol. The molecule has 0 aliphatic heterocycles. The van der Waals surface area contributed by atoms with E-state index in [0.29, 0.717) is 5.88 Å². The van der Waals surface area contributed by atoms with Crippen molar-refractivity contribution < 1.29 is 0 Å². The Bertz CT molecular complexity index is 764. The van der Waals surface area contributed by atoms with Gasteiger partial charge in [-0.15, -0.1) is 11.6 Å². The molecule has 3 rings (SSSR count). The molecule has 0 amide bonds. The van der Waals surface area contributed by atoms with Crippen LogP contribution in [0.15, 0.2) is 48.7 Å². The Hall–Kier alpha value is -2.00. The van der Waals surface area contributed by atoms with Crippen molar-refractivity contribution in [1.29, 1.82) is 0 Å². The van der Waals surface area contributed by atoms with Gasteiger partial charge in [0.05, 0.1) is 11.6 Å². The molecule has 0 unspecified atom stereocenters. The molecule has 2 heterocycles. The quantitative estimate of drug-likeness (QED) is 0.659. The second-order valence-electron chi connectivity index (χ2n) is 4.98. The highest BCUT2D eigenvalue weighted by Gasteiger charge is 2.18. The van der Waals surface area contributed by atoms with Crippen molar-refractivity contribution in [3.8, 4) is 0 Å². The van der Waals surface area contributed by atoms with Crippen LogP contribution in [0.25, 0.3) is 5.65 Å². The van der Waals surface area contributed by atoms with Gasteiger partial charge in [-0.2, -0.15) is 0 Å². The van der Waals surface area contributed by atoms with Crippen LogP contribution in [-0.2, 0) is 5.88 Å². The summed E-state index contributed by atoms with van der Waals surface area (Å²) in [5.74, 6) is 1.37. The van der Waals surface area contributed by atoms with Crippen molar-refractivity contribution in [2.75, 3.05) is 11.4 Å². The molecule has 0 saturated heterocycles. The Morgan fingerprint density at radius 2 is 1.90 bits per heavy atom. The average molecular weight is 300 g/mol. The molecular weight excluding hydrogens is 282 g/mol. The maximum atomic E-state index is 6.19. The molecule has 0 N–H and O–H groups in total. The SMILES string of the molecule is CCN(c1ccccc1C)c1nc2ccccn2c1CCl. The molecule has 108 valence electrons. The number of pyridine rings is 1. The molecule has 3 aromatic rings. The number of para-hydroxylation sites is 1. The molecule has 4 heteroatoms. The summed E-state index contributed by atoms with van der Waals surface area (Å²) in [6.07, 6.45) is 2.01. The van der Waals surface area contributed by atoms with Gasteiger partial charge in [0.15, 0.2) is 5.82 Å². The van der Waals surface area contributed by atoms with Crippen molar-refractivity contribution >= 4 is 28.8 Å². The topological polar surface area (TPSA) is 20.5 Å². The van der Waals surface area contributed by atoms with Crippen LogP contribution < -0.4 is 4.90 Å². The van der Waals surface area contributed by atoms with Gasteiger partial charge in [-0.3, -0.25) is 0 Å². The number of benzene rings is 1. The van der Waals surface area contributed by atoms with Crippen molar-refractivity contribution in [1.82, 2.24) is 9.38 Å². The van der Waals surface area contributed by atoms with E-state index in [0.717, 1.165) is 23.7 Å². The standard InChI is InChI=1S/C17H18ClN3/c1-3-20(14-9-5-4-8-13(14)2)17-15(12-18)21-11-7-6-10-16(21)19-17/h4-11H,3,12H2,1-2H3. The smallest absolute Gasteiger partial charge is 0.156 e. The van der Waals surface area contributed by atoms with Crippen LogP contribution in [0, 0.1) is 6.92 Å². The zero-order valence-electron chi connectivity index (χ0n) is 12.3. The molecule has 0 aliphatic carbocycles. The predicted molar refractivity (Wildman–Crippen MR) is 88.6 cm³/mol. The molecule has 0 radical (unpaired) electrons. The van der Waals surface area contributed by atoms with Crippen LogP contribution in [0.3, 0.4) is 0 Å². The average Bonchev–Trinajstić information content (AvgIpc) is 2.88. The summed E-state index contributed by atoms with van der Waals surface area (Å²) in [5.41, 5.74) is 4.36. The van der Waals surface area contributed by atoms with Gasteiger partial charge in [0.2, 0.25) is 0 Å². The fraction of sp³-hybridized carbons (Fsp3) is 0.235. The Labute approximate surface area is 129 Å². The van der Waals surface area contributed by atoms with Crippen LogP contribution in [0.5, 0.6) is 0 Å². The molecule has 0 bridgehead atoms. The van der Waals surface area contributed by atoms with E-state index in [-0.39, 0.29) is 0 Å². The first-order valence-corrected chi connectivity index (χ1v) is 7.64. The molecule has 0 spiro atoms. The van der Waals surface area contributed by atoms with Gasteiger partial charge in [0.1, 0.15) is 5.65 Å². The fourth-order valence-corrected chi connectivity index (χ4v) is 2.92. The number of nitrogens with zero attached hydrogens (tertiary/aromatic N) is 3. The van der Waals surface area contributed by atoms with Crippen molar-refractivity contribution in [2.45, 2.75) is 19.7 Å². The van der Waals surface area contributed by atoms with E-state index in [9.17, 15) is 0 Å². The number of aromatic nitrogens is 2. The third-order valence-corrected chi connectivity index (χ3v) is 3.97. The van der Waals surface area contributed by atoms with E-state index in [1.807, 2.05) is 24.4 Å². The zero-order valence-corrected chi connectivity index (χ0v) is 13.0. The Kier molecular flexibility index (Phi) is 3.84. The molecule has 0 atom stereocenters. The summed E-state index contributed by atoms with van der Waals surface area (Å²) in [6, 6.07) is 14.4. The van der Waals surface area contributed by atoms with Gasteiger partial charge in [-0.05, 0) is 37.6 Å². The van der Waals surface area contributed by atoms with E-state index in [1.165, 1.54) is 11.3 Å². The molecule has 2 aromatic heterocycles. The second kappa shape index (κ2) is 5.78. The molecule has 21 heavy (non-hydrogen) atoms. The summed E-state index contributed by atoms with van der Waals surface area (Å²) in [5, 5.41) is 0. The molecule has 0 saturated carbocycles. The fourth-order valence-electron chi connectivity index (χ4n) is 2.67. The summed E-state index contributed by atoms with van der Waals surface area (Å²) in [6.45, 7) is 5.10. The van der Waals surface area contributed by atoms with Crippen LogP contribution in [0.1, 0.15) is 18.2 Å². The molecule has 3 nitrogen and oxygen atoms in total. The summed E-state index contributed by atoms with van der Waals surface area (Å²) >= 11 is 6.19. The minimum absolute atomic E-state index is 0.433. The highest BCUT2D eigenvalue weighted by molar-refractivity contribution is 6.17. The third kappa shape index (κ3) is 2.38. The Balaban J connectivity index is 2.20. The number of alkyl halides is 1. The van der Waals surface area contributed by atoms with Crippen LogP contribution in [0.2, 0.25) is 0 Å². The number of aryl methyl sites for hydroxylation is 1. The van der Waals surface area contributed by atoms with Crippen molar-refractivity contribution in [3.63, 3.8) is 0 Å². The first-order chi connectivity index (χ1) is 10.3. The van der Waals surface area contributed by atoms with E-state index >= 15 is 0 Å². The maximum Gasteiger partial charge on any atom is 0.156 e. The number of fused-ring (bicyclic) bond motifs is 1. The number of rotatable bonds is 4. The molecule has 1 aromatic carbocycles.